The first-order valence-electron chi connectivity index (χ1n) is 7.56. The largest absolute Gasteiger partial charge is 0.380 e. The van der Waals surface area contributed by atoms with Crippen LogP contribution < -0.4 is 5.32 Å². The number of hydrogen-bond donors (Lipinski definition) is 1. The summed E-state index contributed by atoms with van der Waals surface area (Å²) in [7, 11) is 7.04. The Morgan fingerprint density at radius 2 is 2.25 bits per heavy atom. The van der Waals surface area contributed by atoms with E-state index in [0.717, 1.165) is 17.3 Å². The normalized spacial score (nSPS) is 11.6. The van der Waals surface area contributed by atoms with Crippen molar-refractivity contribution in [3.05, 3.63) is 47.3 Å². The number of rotatable bonds is 6. The molecule has 0 bridgehead atoms. The fourth-order valence-electron chi connectivity index (χ4n) is 2.32. The molecule has 0 atom stereocenters. The lowest BCUT2D eigenvalue weighted by atomic mass is 10.1. The molecule has 7 nitrogen and oxygen atoms in total. The molecular formula is C16H23FN6O. The van der Waals surface area contributed by atoms with Gasteiger partial charge in [-0.1, -0.05) is 6.07 Å². The Balaban J connectivity index is 1.98. The SMILES string of the molecule is CN=C(NCc1ccc(F)c(COC)c1)N(C)Cc1ncnn1C. The van der Waals surface area contributed by atoms with Gasteiger partial charge in [-0.3, -0.25) is 9.67 Å². The summed E-state index contributed by atoms with van der Waals surface area (Å²) in [4.78, 5) is 10.4. The molecule has 0 aliphatic carbocycles. The molecule has 1 heterocycles. The van der Waals surface area contributed by atoms with Crippen molar-refractivity contribution >= 4 is 5.96 Å². The number of aryl methyl sites for hydroxylation is 1. The Bertz CT molecular complexity index is 700. The van der Waals surface area contributed by atoms with Crippen LogP contribution in [0.2, 0.25) is 0 Å². The molecule has 0 spiro atoms. The number of aromatic nitrogens is 3. The molecule has 1 N–H and O–H groups in total. The minimum absolute atomic E-state index is 0.250. The van der Waals surface area contributed by atoms with Gasteiger partial charge in [0.15, 0.2) is 5.96 Å². The minimum Gasteiger partial charge on any atom is -0.380 e. The molecule has 0 saturated carbocycles. The molecule has 0 saturated heterocycles. The summed E-state index contributed by atoms with van der Waals surface area (Å²) in [5.41, 5.74) is 1.50. The molecular weight excluding hydrogens is 311 g/mol. The second kappa shape index (κ2) is 8.39. The van der Waals surface area contributed by atoms with Gasteiger partial charge in [-0.15, -0.1) is 0 Å². The number of nitrogens with zero attached hydrogens (tertiary/aromatic N) is 5. The van der Waals surface area contributed by atoms with Gasteiger partial charge in [-0.2, -0.15) is 5.10 Å². The molecule has 0 amide bonds. The number of benzene rings is 1. The smallest absolute Gasteiger partial charge is 0.194 e. The Morgan fingerprint density at radius 1 is 1.46 bits per heavy atom. The second-order valence-corrected chi connectivity index (χ2v) is 5.42. The molecule has 2 rings (SSSR count). The molecule has 24 heavy (non-hydrogen) atoms. The highest BCUT2D eigenvalue weighted by molar-refractivity contribution is 5.79. The summed E-state index contributed by atoms with van der Waals surface area (Å²) < 4.78 is 20.4. The third-order valence-electron chi connectivity index (χ3n) is 3.62. The van der Waals surface area contributed by atoms with Gasteiger partial charge in [-0.25, -0.2) is 9.37 Å². The summed E-state index contributed by atoms with van der Waals surface area (Å²) in [6.45, 7) is 1.36. The van der Waals surface area contributed by atoms with Gasteiger partial charge >= 0.3 is 0 Å². The zero-order chi connectivity index (χ0) is 17.5. The first kappa shape index (κ1) is 17.9. The third-order valence-corrected chi connectivity index (χ3v) is 3.62. The summed E-state index contributed by atoms with van der Waals surface area (Å²) in [5.74, 6) is 1.30. The van der Waals surface area contributed by atoms with Crippen LogP contribution in [-0.4, -0.2) is 46.8 Å². The fraction of sp³-hybridized carbons (Fsp3) is 0.438. The predicted molar refractivity (Wildman–Crippen MR) is 89.8 cm³/mol. The van der Waals surface area contributed by atoms with Crippen LogP contribution in [0.15, 0.2) is 29.5 Å². The number of methoxy groups -OCH3 is 1. The van der Waals surface area contributed by atoms with Crippen molar-refractivity contribution in [2.75, 3.05) is 21.2 Å². The minimum atomic E-state index is -0.260. The zero-order valence-corrected chi connectivity index (χ0v) is 14.5. The maximum Gasteiger partial charge on any atom is 0.194 e. The molecule has 8 heteroatoms. The van der Waals surface area contributed by atoms with E-state index in [0.29, 0.717) is 18.7 Å². The van der Waals surface area contributed by atoms with Gasteiger partial charge in [0.2, 0.25) is 0 Å². The van der Waals surface area contributed by atoms with Crippen molar-refractivity contribution in [1.82, 2.24) is 25.0 Å². The summed E-state index contributed by atoms with van der Waals surface area (Å²) in [6, 6.07) is 5.00. The predicted octanol–water partition coefficient (Wildman–Crippen LogP) is 1.31. The molecule has 0 unspecified atom stereocenters. The molecule has 130 valence electrons. The molecule has 0 aliphatic heterocycles. The lowest BCUT2D eigenvalue weighted by molar-refractivity contribution is 0.181. The quantitative estimate of drug-likeness (QED) is 0.637. The van der Waals surface area contributed by atoms with Crippen LogP contribution in [-0.2, 0) is 31.5 Å². The number of guanidine groups is 1. The molecule has 2 aromatic rings. The van der Waals surface area contributed by atoms with Gasteiger partial charge in [-0.05, 0) is 17.7 Å². The number of hydrogen-bond acceptors (Lipinski definition) is 4. The highest BCUT2D eigenvalue weighted by Gasteiger charge is 2.10. The number of halogens is 1. The van der Waals surface area contributed by atoms with E-state index in [1.165, 1.54) is 12.4 Å². The van der Waals surface area contributed by atoms with Crippen LogP contribution in [0.5, 0.6) is 0 Å². The van der Waals surface area contributed by atoms with E-state index >= 15 is 0 Å². The Labute approximate surface area is 141 Å². The highest BCUT2D eigenvalue weighted by atomic mass is 19.1. The van der Waals surface area contributed by atoms with Gasteiger partial charge in [0.25, 0.3) is 0 Å². The summed E-state index contributed by atoms with van der Waals surface area (Å²) >= 11 is 0. The van der Waals surface area contributed by atoms with Gasteiger partial charge in [0.05, 0.1) is 13.2 Å². The molecule has 0 aliphatic rings. The van der Waals surface area contributed by atoms with Gasteiger partial charge in [0, 0.05) is 40.4 Å². The van der Waals surface area contributed by atoms with E-state index in [1.54, 1.807) is 31.0 Å². The van der Waals surface area contributed by atoms with Gasteiger partial charge < -0.3 is 15.0 Å². The summed E-state index contributed by atoms with van der Waals surface area (Å²) in [6.07, 6.45) is 1.52. The van der Waals surface area contributed by atoms with Crippen LogP contribution in [0.4, 0.5) is 4.39 Å². The van der Waals surface area contributed by atoms with E-state index in [-0.39, 0.29) is 12.4 Å². The first-order chi connectivity index (χ1) is 11.5. The van der Waals surface area contributed by atoms with Crippen LogP contribution in [0, 0.1) is 5.82 Å². The lowest BCUT2D eigenvalue weighted by Gasteiger charge is -2.21. The number of ether oxygens (including phenoxy) is 1. The molecule has 0 fully saturated rings. The Hall–Kier alpha value is -2.48. The standard InChI is InChI=1S/C16H23FN6O/c1-18-16(22(2)9-15-20-11-21-23(15)3)19-8-12-5-6-14(17)13(7-12)10-24-4/h5-7,11H,8-10H2,1-4H3,(H,18,19). The van der Waals surface area contributed by atoms with E-state index in [4.69, 9.17) is 4.74 Å². The van der Waals surface area contributed by atoms with Gasteiger partial charge in [0.1, 0.15) is 18.0 Å². The van der Waals surface area contributed by atoms with E-state index in [9.17, 15) is 4.39 Å². The van der Waals surface area contributed by atoms with Crippen molar-refractivity contribution < 1.29 is 9.13 Å². The van der Waals surface area contributed by atoms with E-state index in [2.05, 4.69) is 20.4 Å². The molecule has 1 aromatic carbocycles. The first-order valence-corrected chi connectivity index (χ1v) is 7.56. The van der Waals surface area contributed by atoms with Crippen LogP contribution in [0.1, 0.15) is 17.0 Å². The zero-order valence-electron chi connectivity index (χ0n) is 14.5. The summed E-state index contributed by atoms with van der Waals surface area (Å²) in [5, 5.41) is 7.32. The average molecular weight is 334 g/mol. The third kappa shape index (κ3) is 4.51. The van der Waals surface area contributed by atoms with Crippen molar-refractivity contribution in [2.45, 2.75) is 19.7 Å². The van der Waals surface area contributed by atoms with E-state index < -0.39 is 0 Å². The maximum absolute atomic E-state index is 13.7. The van der Waals surface area contributed by atoms with E-state index in [1.807, 2.05) is 19.0 Å². The fourth-order valence-corrected chi connectivity index (χ4v) is 2.32. The number of nitrogens with one attached hydrogen (secondary N) is 1. The second-order valence-electron chi connectivity index (χ2n) is 5.42. The monoisotopic (exact) mass is 334 g/mol. The topological polar surface area (TPSA) is 67.6 Å². The van der Waals surface area contributed by atoms with Crippen molar-refractivity contribution in [2.24, 2.45) is 12.0 Å². The Kier molecular flexibility index (Phi) is 6.25. The van der Waals surface area contributed by atoms with Crippen LogP contribution in [0.3, 0.4) is 0 Å². The van der Waals surface area contributed by atoms with Crippen LogP contribution in [0.25, 0.3) is 0 Å². The van der Waals surface area contributed by atoms with Crippen molar-refractivity contribution in [1.29, 1.82) is 0 Å². The Morgan fingerprint density at radius 3 is 2.88 bits per heavy atom. The maximum atomic E-state index is 13.7. The number of aliphatic imine (C=N–C) groups is 1. The average Bonchev–Trinajstić information content (AvgIpc) is 2.96. The van der Waals surface area contributed by atoms with Crippen LogP contribution >= 0.6 is 0 Å². The lowest BCUT2D eigenvalue weighted by Crippen LogP contribution is -2.38. The molecule has 0 radical (unpaired) electrons. The van der Waals surface area contributed by atoms with Crippen molar-refractivity contribution in [3.8, 4) is 0 Å². The highest BCUT2D eigenvalue weighted by Crippen LogP contribution is 2.12. The van der Waals surface area contributed by atoms with Crippen molar-refractivity contribution in [3.63, 3.8) is 0 Å². The molecule has 1 aromatic heterocycles.